The van der Waals surface area contributed by atoms with Crippen molar-refractivity contribution in [1.29, 1.82) is 0 Å². The molecule has 0 saturated carbocycles. The van der Waals surface area contributed by atoms with Crippen molar-refractivity contribution in [2.45, 2.75) is 40.2 Å². The number of thiazole rings is 1. The van der Waals surface area contributed by atoms with Gasteiger partial charge in [-0.2, -0.15) is 0 Å². The molecule has 1 aromatic carbocycles. The number of hydrogen-bond acceptors (Lipinski definition) is 9. The standard InChI is InChI=1S/C25H29N5O4S/c1-5-34-24(32)18-13-26-22(16-6-8-17(33-4)9-7-16)28-23(18)29-25-27-19-10-11-30(14-20(19)35-25)21(31)12-15(2)3/h6-9,13,15H,5,10-12,14H2,1-4H3,(H,26,27,28,29). The van der Waals surface area contributed by atoms with Crippen molar-refractivity contribution < 1.29 is 19.1 Å². The lowest BCUT2D eigenvalue weighted by molar-refractivity contribution is -0.132. The van der Waals surface area contributed by atoms with Crippen LogP contribution in [0.3, 0.4) is 0 Å². The van der Waals surface area contributed by atoms with Gasteiger partial charge in [0, 0.05) is 36.0 Å². The summed E-state index contributed by atoms with van der Waals surface area (Å²) in [5.41, 5.74) is 1.97. The molecule has 0 atom stereocenters. The quantitative estimate of drug-likeness (QED) is 0.457. The van der Waals surface area contributed by atoms with Gasteiger partial charge in [0.25, 0.3) is 0 Å². The lowest BCUT2D eigenvalue weighted by atomic mass is 10.1. The van der Waals surface area contributed by atoms with E-state index < -0.39 is 5.97 Å². The summed E-state index contributed by atoms with van der Waals surface area (Å²) in [6.45, 7) is 7.29. The first-order valence-electron chi connectivity index (χ1n) is 11.6. The Morgan fingerprint density at radius 3 is 2.66 bits per heavy atom. The summed E-state index contributed by atoms with van der Waals surface area (Å²) in [5.74, 6) is 1.48. The van der Waals surface area contributed by atoms with Gasteiger partial charge in [-0.25, -0.2) is 19.7 Å². The maximum Gasteiger partial charge on any atom is 0.343 e. The van der Waals surface area contributed by atoms with E-state index in [1.54, 1.807) is 14.0 Å². The fourth-order valence-electron chi connectivity index (χ4n) is 3.76. The van der Waals surface area contributed by atoms with Gasteiger partial charge in [0.2, 0.25) is 5.91 Å². The SMILES string of the molecule is CCOC(=O)c1cnc(-c2ccc(OC)cc2)nc1Nc1nc2c(s1)CN(C(=O)CC(C)C)CC2. The average molecular weight is 496 g/mol. The van der Waals surface area contributed by atoms with Gasteiger partial charge in [0.1, 0.15) is 11.3 Å². The normalized spacial score (nSPS) is 12.9. The van der Waals surface area contributed by atoms with Crippen LogP contribution >= 0.6 is 11.3 Å². The zero-order valence-corrected chi connectivity index (χ0v) is 21.1. The zero-order valence-electron chi connectivity index (χ0n) is 20.3. The minimum Gasteiger partial charge on any atom is -0.497 e. The summed E-state index contributed by atoms with van der Waals surface area (Å²) in [6.07, 6.45) is 2.70. The van der Waals surface area contributed by atoms with Crippen LogP contribution in [0.25, 0.3) is 11.4 Å². The van der Waals surface area contributed by atoms with Gasteiger partial charge in [-0.1, -0.05) is 25.2 Å². The highest BCUT2D eigenvalue weighted by Gasteiger charge is 2.25. The van der Waals surface area contributed by atoms with Crippen LogP contribution in [0.15, 0.2) is 30.5 Å². The molecule has 0 fully saturated rings. The second-order valence-electron chi connectivity index (χ2n) is 8.58. The van der Waals surface area contributed by atoms with E-state index in [2.05, 4.69) is 15.3 Å². The van der Waals surface area contributed by atoms with Crippen molar-refractivity contribution >= 4 is 34.2 Å². The van der Waals surface area contributed by atoms with Crippen LogP contribution in [-0.4, -0.2) is 52.0 Å². The number of fused-ring (bicyclic) bond motifs is 1. The second kappa shape index (κ2) is 10.8. The number of aromatic nitrogens is 3. The van der Waals surface area contributed by atoms with Crippen molar-refractivity contribution in [3.63, 3.8) is 0 Å². The molecule has 0 unspecified atom stereocenters. The average Bonchev–Trinajstić information content (AvgIpc) is 3.25. The van der Waals surface area contributed by atoms with Crippen LogP contribution in [0.2, 0.25) is 0 Å². The molecular formula is C25H29N5O4S. The largest absolute Gasteiger partial charge is 0.497 e. The Hall–Kier alpha value is -3.53. The molecule has 1 aliphatic rings. The lowest BCUT2D eigenvalue weighted by Gasteiger charge is -2.26. The third kappa shape index (κ3) is 5.76. The number of nitrogens with zero attached hydrogens (tertiary/aromatic N) is 4. The molecule has 0 aliphatic carbocycles. The predicted molar refractivity (Wildman–Crippen MR) is 134 cm³/mol. The topological polar surface area (TPSA) is 107 Å². The maximum atomic E-state index is 12.6. The van der Waals surface area contributed by atoms with Gasteiger partial charge >= 0.3 is 5.97 Å². The van der Waals surface area contributed by atoms with Gasteiger partial charge in [0.05, 0.1) is 26.0 Å². The van der Waals surface area contributed by atoms with E-state index in [1.807, 2.05) is 43.0 Å². The van der Waals surface area contributed by atoms with Crippen molar-refractivity contribution in [3.05, 3.63) is 46.6 Å². The molecule has 1 N–H and O–H groups in total. The third-order valence-electron chi connectivity index (χ3n) is 5.52. The fourth-order valence-corrected chi connectivity index (χ4v) is 4.78. The Kier molecular flexibility index (Phi) is 7.60. The van der Waals surface area contributed by atoms with E-state index in [9.17, 15) is 9.59 Å². The Labute approximate surface area is 208 Å². The number of anilines is 2. The smallest absolute Gasteiger partial charge is 0.343 e. The molecule has 2 aromatic heterocycles. The van der Waals surface area contributed by atoms with Crippen molar-refractivity contribution in [1.82, 2.24) is 19.9 Å². The molecule has 4 rings (SSSR count). The number of nitrogens with one attached hydrogen (secondary N) is 1. The van der Waals surface area contributed by atoms with Crippen LogP contribution in [0.5, 0.6) is 5.75 Å². The fraction of sp³-hybridized carbons (Fsp3) is 0.400. The molecule has 35 heavy (non-hydrogen) atoms. The molecular weight excluding hydrogens is 466 g/mol. The van der Waals surface area contributed by atoms with E-state index in [0.717, 1.165) is 21.9 Å². The number of benzene rings is 1. The number of ether oxygens (including phenoxy) is 2. The van der Waals surface area contributed by atoms with Gasteiger partial charge in [-0.15, -0.1) is 0 Å². The van der Waals surface area contributed by atoms with Crippen LogP contribution in [0, 0.1) is 5.92 Å². The lowest BCUT2D eigenvalue weighted by Crippen LogP contribution is -2.36. The van der Waals surface area contributed by atoms with Crippen molar-refractivity contribution in [2.75, 3.05) is 25.6 Å². The molecule has 0 radical (unpaired) electrons. The van der Waals surface area contributed by atoms with Crippen molar-refractivity contribution in [3.8, 4) is 17.1 Å². The third-order valence-corrected chi connectivity index (χ3v) is 6.52. The number of carbonyl (C=O) groups excluding carboxylic acids is 2. The minimum absolute atomic E-state index is 0.165. The van der Waals surface area contributed by atoms with Crippen LogP contribution < -0.4 is 10.1 Å². The number of amides is 1. The molecule has 10 heteroatoms. The number of hydrogen-bond donors (Lipinski definition) is 1. The molecule has 0 spiro atoms. The van der Waals surface area contributed by atoms with Gasteiger partial charge in [-0.05, 0) is 37.1 Å². The first kappa shape index (κ1) is 24.6. The minimum atomic E-state index is -0.511. The summed E-state index contributed by atoms with van der Waals surface area (Å²) < 4.78 is 10.4. The summed E-state index contributed by atoms with van der Waals surface area (Å²) in [6, 6.07) is 7.36. The predicted octanol–water partition coefficient (Wildman–Crippen LogP) is 4.46. The van der Waals surface area contributed by atoms with Crippen LogP contribution in [0.1, 0.15) is 48.1 Å². The van der Waals surface area contributed by atoms with Crippen LogP contribution in [-0.2, 0) is 22.5 Å². The van der Waals surface area contributed by atoms with E-state index in [1.165, 1.54) is 17.5 Å². The highest BCUT2D eigenvalue weighted by Crippen LogP contribution is 2.32. The maximum absolute atomic E-state index is 12.6. The van der Waals surface area contributed by atoms with E-state index in [0.29, 0.717) is 48.6 Å². The van der Waals surface area contributed by atoms with Gasteiger partial charge in [-0.3, -0.25) is 4.79 Å². The monoisotopic (exact) mass is 495 g/mol. The Morgan fingerprint density at radius 1 is 1.20 bits per heavy atom. The molecule has 1 aliphatic heterocycles. The Bertz CT molecular complexity index is 1210. The molecule has 184 valence electrons. The second-order valence-corrected chi connectivity index (χ2v) is 9.67. The van der Waals surface area contributed by atoms with E-state index >= 15 is 0 Å². The summed E-state index contributed by atoms with van der Waals surface area (Å²) in [4.78, 5) is 41.7. The number of esters is 1. The Balaban J connectivity index is 1.60. The van der Waals surface area contributed by atoms with Crippen molar-refractivity contribution in [2.24, 2.45) is 5.92 Å². The summed E-state index contributed by atoms with van der Waals surface area (Å²) >= 11 is 1.47. The van der Waals surface area contributed by atoms with Crippen LogP contribution in [0.4, 0.5) is 10.9 Å². The number of carbonyl (C=O) groups is 2. The summed E-state index contributed by atoms with van der Waals surface area (Å²) in [7, 11) is 1.61. The first-order chi connectivity index (χ1) is 16.9. The molecule has 0 saturated heterocycles. The molecule has 1 amide bonds. The highest BCUT2D eigenvalue weighted by molar-refractivity contribution is 7.15. The first-order valence-corrected chi connectivity index (χ1v) is 12.4. The number of rotatable bonds is 8. The highest BCUT2D eigenvalue weighted by atomic mass is 32.1. The zero-order chi connectivity index (χ0) is 24.9. The summed E-state index contributed by atoms with van der Waals surface area (Å²) in [5, 5.41) is 3.81. The molecule has 9 nitrogen and oxygen atoms in total. The molecule has 3 heterocycles. The Morgan fingerprint density at radius 2 is 1.97 bits per heavy atom. The van der Waals surface area contributed by atoms with E-state index in [4.69, 9.17) is 14.5 Å². The molecule has 3 aromatic rings. The number of methoxy groups -OCH3 is 1. The molecule has 0 bridgehead atoms. The van der Waals surface area contributed by atoms with E-state index in [-0.39, 0.29) is 18.1 Å². The van der Waals surface area contributed by atoms with Gasteiger partial charge in [0.15, 0.2) is 16.8 Å². The van der Waals surface area contributed by atoms with Gasteiger partial charge < -0.3 is 19.7 Å².